The lowest BCUT2D eigenvalue weighted by atomic mass is 10.0. The Kier molecular flexibility index (Phi) is 4.88. The van der Waals surface area contributed by atoms with Crippen molar-refractivity contribution < 1.29 is 13.2 Å². The fourth-order valence-corrected chi connectivity index (χ4v) is 3.19. The first-order chi connectivity index (χ1) is 9.40. The van der Waals surface area contributed by atoms with Crippen LogP contribution in [0.2, 0.25) is 0 Å². The predicted molar refractivity (Wildman–Crippen MR) is 79.0 cm³/mol. The Bertz CT molecular complexity index is 563. The minimum absolute atomic E-state index is 0.0919. The lowest BCUT2D eigenvalue weighted by Crippen LogP contribution is -2.18. The van der Waals surface area contributed by atoms with E-state index in [1.807, 2.05) is 18.5 Å². The molecular formula is C14H13BrF3NS. The topological polar surface area (TPSA) is 12.0 Å². The number of benzene rings is 1. The molecule has 0 aliphatic rings. The Morgan fingerprint density at radius 3 is 2.35 bits per heavy atom. The van der Waals surface area contributed by atoms with E-state index in [4.69, 9.17) is 0 Å². The third kappa shape index (κ3) is 3.84. The van der Waals surface area contributed by atoms with Crippen LogP contribution in [0.15, 0.2) is 39.5 Å². The van der Waals surface area contributed by atoms with Gasteiger partial charge in [0.1, 0.15) is 0 Å². The Morgan fingerprint density at radius 1 is 1.25 bits per heavy atom. The van der Waals surface area contributed by atoms with Gasteiger partial charge >= 0.3 is 6.18 Å². The van der Waals surface area contributed by atoms with Crippen LogP contribution in [0.4, 0.5) is 13.2 Å². The molecule has 1 N–H and O–H groups in total. The predicted octanol–water partition coefficient (Wildman–Crippen LogP) is 5.03. The van der Waals surface area contributed by atoms with Crippen molar-refractivity contribution in [3.05, 3.63) is 56.2 Å². The highest BCUT2D eigenvalue weighted by Crippen LogP contribution is 2.30. The van der Waals surface area contributed by atoms with E-state index in [0.29, 0.717) is 6.42 Å². The second kappa shape index (κ2) is 6.28. The van der Waals surface area contributed by atoms with Gasteiger partial charge < -0.3 is 5.32 Å². The lowest BCUT2D eigenvalue weighted by Gasteiger charge is -2.15. The number of hydrogen-bond acceptors (Lipinski definition) is 2. The Hall–Kier alpha value is -0.850. The van der Waals surface area contributed by atoms with Gasteiger partial charge in [-0.2, -0.15) is 13.2 Å². The summed E-state index contributed by atoms with van der Waals surface area (Å²) < 4.78 is 38.5. The van der Waals surface area contributed by atoms with Gasteiger partial charge in [-0.25, -0.2) is 0 Å². The molecule has 1 unspecified atom stereocenters. The number of thiophene rings is 1. The minimum Gasteiger partial charge on any atom is -0.313 e. The first-order valence-electron chi connectivity index (χ1n) is 5.97. The molecule has 0 aliphatic heterocycles. The summed E-state index contributed by atoms with van der Waals surface area (Å²) in [5.74, 6) is 0. The first-order valence-corrected chi connectivity index (χ1v) is 7.64. The molecule has 2 aromatic rings. The van der Waals surface area contributed by atoms with E-state index < -0.39 is 11.7 Å². The molecule has 0 bridgehead atoms. The van der Waals surface area contributed by atoms with Crippen LogP contribution in [0.5, 0.6) is 0 Å². The summed E-state index contributed by atoms with van der Waals surface area (Å²) in [6.07, 6.45) is -3.63. The molecule has 1 heterocycles. The van der Waals surface area contributed by atoms with E-state index in [0.717, 1.165) is 27.0 Å². The number of hydrogen-bond donors (Lipinski definition) is 1. The molecule has 6 heteroatoms. The first kappa shape index (κ1) is 15.5. The summed E-state index contributed by atoms with van der Waals surface area (Å²) in [5, 5.41) is 5.23. The highest BCUT2D eigenvalue weighted by atomic mass is 79.9. The van der Waals surface area contributed by atoms with Crippen LogP contribution in [-0.4, -0.2) is 7.05 Å². The van der Waals surface area contributed by atoms with E-state index in [-0.39, 0.29) is 6.04 Å². The number of likely N-dealkylation sites (N-methyl/N-ethyl adjacent to an activating group) is 1. The second-order valence-corrected chi connectivity index (χ2v) is 6.71. The quantitative estimate of drug-likeness (QED) is 0.802. The maximum atomic E-state index is 12.5. The molecule has 1 aromatic carbocycles. The third-order valence-electron chi connectivity index (χ3n) is 3.06. The average molecular weight is 364 g/mol. The van der Waals surface area contributed by atoms with E-state index in [2.05, 4.69) is 21.2 Å². The Labute approximate surface area is 128 Å². The molecule has 0 spiro atoms. The SMILES string of the molecule is CNC(Cc1ccc(C(F)(F)F)cc1)c1csc(Br)c1. The maximum Gasteiger partial charge on any atom is 0.416 e. The van der Waals surface area contributed by atoms with Crippen LogP contribution in [0.1, 0.15) is 22.7 Å². The molecule has 0 aliphatic carbocycles. The standard InChI is InChI=1S/C14H13BrF3NS/c1-19-12(10-7-13(15)20-8-10)6-9-2-4-11(5-3-9)14(16,17)18/h2-5,7-8,12,19H,6H2,1H3. The zero-order valence-electron chi connectivity index (χ0n) is 10.7. The molecule has 0 saturated heterocycles. The molecule has 1 atom stereocenters. The van der Waals surface area contributed by atoms with Gasteiger partial charge in [-0.05, 0) is 64.1 Å². The fourth-order valence-electron chi connectivity index (χ4n) is 1.96. The van der Waals surface area contributed by atoms with Crippen LogP contribution < -0.4 is 5.32 Å². The van der Waals surface area contributed by atoms with E-state index >= 15 is 0 Å². The molecule has 0 amide bonds. The van der Waals surface area contributed by atoms with Crippen molar-refractivity contribution in [3.8, 4) is 0 Å². The van der Waals surface area contributed by atoms with Crippen molar-refractivity contribution in [2.24, 2.45) is 0 Å². The summed E-state index contributed by atoms with van der Waals surface area (Å²) in [7, 11) is 1.85. The van der Waals surface area contributed by atoms with Gasteiger partial charge in [0.25, 0.3) is 0 Å². The van der Waals surface area contributed by atoms with Crippen LogP contribution in [-0.2, 0) is 12.6 Å². The van der Waals surface area contributed by atoms with Gasteiger partial charge in [0.15, 0.2) is 0 Å². The molecular weight excluding hydrogens is 351 g/mol. The largest absolute Gasteiger partial charge is 0.416 e. The molecule has 1 aromatic heterocycles. The summed E-state index contributed by atoms with van der Waals surface area (Å²) in [6, 6.07) is 7.45. The molecule has 108 valence electrons. The molecule has 0 radical (unpaired) electrons. The van der Waals surface area contributed by atoms with Crippen molar-refractivity contribution in [1.82, 2.24) is 5.32 Å². The monoisotopic (exact) mass is 363 g/mol. The average Bonchev–Trinajstić information content (AvgIpc) is 2.82. The zero-order chi connectivity index (χ0) is 14.8. The molecule has 2 rings (SSSR count). The number of rotatable bonds is 4. The number of halogens is 4. The lowest BCUT2D eigenvalue weighted by molar-refractivity contribution is -0.137. The van der Waals surface area contributed by atoms with Gasteiger partial charge in [-0.3, -0.25) is 0 Å². The summed E-state index contributed by atoms with van der Waals surface area (Å²) in [4.78, 5) is 0. The summed E-state index contributed by atoms with van der Waals surface area (Å²) in [5.41, 5.74) is 1.39. The van der Waals surface area contributed by atoms with Gasteiger partial charge in [-0.15, -0.1) is 11.3 Å². The van der Waals surface area contributed by atoms with Gasteiger partial charge in [0, 0.05) is 6.04 Å². The molecule has 1 nitrogen and oxygen atoms in total. The van der Waals surface area contributed by atoms with Crippen molar-refractivity contribution in [2.45, 2.75) is 18.6 Å². The molecule has 0 fully saturated rings. The van der Waals surface area contributed by atoms with Crippen molar-refractivity contribution in [2.75, 3.05) is 7.05 Å². The normalized spacial score (nSPS) is 13.4. The summed E-state index contributed by atoms with van der Waals surface area (Å²) in [6.45, 7) is 0. The van der Waals surface area contributed by atoms with Crippen LogP contribution in [0, 0.1) is 0 Å². The van der Waals surface area contributed by atoms with Crippen molar-refractivity contribution >= 4 is 27.3 Å². The van der Waals surface area contributed by atoms with Crippen LogP contribution in [0.25, 0.3) is 0 Å². The van der Waals surface area contributed by atoms with Crippen LogP contribution >= 0.6 is 27.3 Å². The van der Waals surface area contributed by atoms with E-state index in [9.17, 15) is 13.2 Å². The number of alkyl halides is 3. The third-order valence-corrected chi connectivity index (χ3v) is 4.58. The molecule has 20 heavy (non-hydrogen) atoms. The maximum absolute atomic E-state index is 12.5. The molecule has 0 saturated carbocycles. The highest BCUT2D eigenvalue weighted by molar-refractivity contribution is 9.11. The minimum atomic E-state index is -4.28. The van der Waals surface area contributed by atoms with Crippen molar-refractivity contribution in [1.29, 1.82) is 0 Å². The second-order valence-electron chi connectivity index (χ2n) is 4.42. The number of nitrogens with one attached hydrogen (secondary N) is 1. The van der Waals surface area contributed by atoms with Gasteiger partial charge in [-0.1, -0.05) is 12.1 Å². The highest BCUT2D eigenvalue weighted by Gasteiger charge is 2.30. The Morgan fingerprint density at radius 2 is 1.90 bits per heavy atom. The van der Waals surface area contributed by atoms with E-state index in [1.165, 1.54) is 12.1 Å². The van der Waals surface area contributed by atoms with Gasteiger partial charge in [0.2, 0.25) is 0 Å². The summed E-state index contributed by atoms with van der Waals surface area (Å²) >= 11 is 5.00. The fraction of sp³-hybridized carbons (Fsp3) is 0.286. The van der Waals surface area contributed by atoms with E-state index in [1.54, 1.807) is 11.3 Å². The van der Waals surface area contributed by atoms with Crippen molar-refractivity contribution in [3.63, 3.8) is 0 Å². The van der Waals surface area contributed by atoms with Crippen LogP contribution in [0.3, 0.4) is 0 Å². The van der Waals surface area contributed by atoms with Gasteiger partial charge in [0.05, 0.1) is 9.35 Å². The zero-order valence-corrected chi connectivity index (χ0v) is 13.1. The Balaban J connectivity index is 2.12. The smallest absolute Gasteiger partial charge is 0.313 e.